The number of terminal acetylenes is 1. The van der Waals surface area contributed by atoms with E-state index in [0.29, 0.717) is 25.1 Å². The quantitative estimate of drug-likeness (QED) is 0.374. The molecule has 0 bridgehead atoms. The Morgan fingerprint density at radius 1 is 1.03 bits per heavy atom. The van der Waals surface area contributed by atoms with Gasteiger partial charge in [-0.05, 0) is 36.1 Å². The molecule has 0 atom stereocenters. The summed E-state index contributed by atoms with van der Waals surface area (Å²) in [6.07, 6.45) is 9.02. The van der Waals surface area contributed by atoms with E-state index in [4.69, 9.17) is 5.26 Å². The van der Waals surface area contributed by atoms with Gasteiger partial charge in [0.1, 0.15) is 0 Å². The predicted octanol–water partition coefficient (Wildman–Crippen LogP) is 5.21. The van der Waals surface area contributed by atoms with E-state index in [0.717, 1.165) is 23.1 Å². The van der Waals surface area contributed by atoms with Crippen molar-refractivity contribution in [3.63, 3.8) is 0 Å². The molecule has 1 heterocycles. The first kappa shape index (κ1) is 30.0. The average Bonchev–Trinajstić information content (AvgIpc) is 3.35. The highest BCUT2D eigenvalue weighted by atomic mass is 16.1. The van der Waals surface area contributed by atoms with Crippen molar-refractivity contribution in [3.8, 4) is 18.5 Å². The lowest BCUT2D eigenvalue weighted by Gasteiger charge is -2.05. The Morgan fingerprint density at radius 3 is 2.12 bits per heavy atom. The number of nitrogens with zero attached hydrogens (tertiary/aromatic N) is 3. The van der Waals surface area contributed by atoms with E-state index in [2.05, 4.69) is 28.6 Å². The maximum Gasteiger partial charge on any atom is 0.254 e. The molecule has 3 aromatic rings. The fraction of sp³-hybridized carbons (Fsp3) is 0.321. The topological polar surface area (TPSA) is 96.7 Å². The molecule has 1 amide bonds. The van der Waals surface area contributed by atoms with Gasteiger partial charge in [0.2, 0.25) is 0 Å². The van der Waals surface area contributed by atoms with Crippen molar-refractivity contribution < 1.29 is 4.79 Å². The number of hydrogen-bond acceptors (Lipinski definition) is 4. The van der Waals surface area contributed by atoms with Crippen molar-refractivity contribution in [1.82, 2.24) is 15.1 Å². The summed E-state index contributed by atoms with van der Waals surface area (Å²) in [7, 11) is 0. The van der Waals surface area contributed by atoms with Gasteiger partial charge in [-0.2, -0.15) is 10.4 Å². The van der Waals surface area contributed by atoms with Crippen LogP contribution in [-0.4, -0.2) is 15.7 Å². The second kappa shape index (κ2) is 18.5. The Hall–Kier alpha value is -4.03. The minimum atomic E-state index is -0.131. The summed E-state index contributed by atoms with van der Waals surface area (Å²) in [5, 5.41) is 15.8. The summed E-state index contributed by atoms with van der Waals surface area (Å²) in [4.78, 5) is 12.3. The third-order valence-electron chi connectivity index (χ3n) is 4.36. The van der Waals surface area contributed by atoms with Crippen LogP contribution in [0.1, 0.15) is 66.7 Å². The van der Waals surface area contributed by atoms with Gasteiger partial charge in [0.05, 0.1) is 24.4 Å². The van der Waals surface area contributed by atoms with Crippen LogP contribution in [0, 0.1) is 30.7 Å². The van der Waals surface area contributed by atoms with Crippen LogP contribution in [0.3, 0.4) is 0 Å². The van der Waals surface area contributed by atoms with Gasteiger partial charge in [0.15, 0.2) is 0 Å². The molecule has 0 saturated carbocycles. The van der Waals surface area contributed by atoms with Crippen LogP contribution in [-0.2, 0) is 19.5 Å². The van der Waals surface area contributed by atoms with Crippen LogP contribution in [0.2, 0.25) is 0 Å². The van der Waals surface area contributed by atoms with Gasteiger partial charge in [-0.3, -0.25) is 9.48 Å². The van der Waals surface area contributed by atoms with E-state index in [1.54, 1.807) is 23.1 Å². The van der Waals surface area contributed by atoms with Gasteiger partial charge >= 0.3 is 0 Å². The third-order valence-corrected chi connectivity index (χ3v) is 4.36. The van der Waals surface area contributed by atoms with E-state index in [-0.39, 0.29) is 5.91 Å². The Kier molecular flexibility index (Phi) is 16.3. The van der Waals surface area contributed by atoms with Crippen molar-refractivity contribution in [3.05, 3.63) is 88.7 Å². The number of amides is 1. The summed E-state index contributed by atoms with van der Waals surface area (Å²) in [6, 6.07) is 20.1. The standard InChI is InChI=1S/C22H22N4O.C2H3N.2C2H6/c1-17-4-6-19(7-5-17)13-24-22(27)21-14-25-26(16-21)15-20-10-8-18(9-11-20)3-2-12-23;1-2-3;2*1-2/h4-11,14,16H,2-3,13,15H2,1H3,(H,24,27);1H,3H2;2*1-2H3. The number of aromatic nitrogens is 2. The molecule has 0 saturated heterocycles. The molecule has 3 N–H and O–H groups in total. The van der Waals surface area contributed by atoms with Crippen LogP contribution in [0.5, 0.6) is 0 Å². The fourth-order valence-electron chi connectivity index (χ4n) is 2.76. The Labute approximate surface area is 204 Å². The smallest absolute Gasteiger partial charge is 0.254 e. The molecule has 0 radical (unpaired) electrons. The normalized spacial score (nSPS) is 8.79. The van der Waals surface area contributed by atoms with Gasteiger partial charge < -0.3 is 11.1 Å². The molecule has 0 unspecified atom stereocenters. The van der Waals surface area contributed by atoms with E-state index < -0.39 is 0 Å². The van der Waals surface area contributed by atoms with Crippen molar-refractivity contribution >= 4 is 5.91 Å². The van der Waals surface area contributed by atoms with Crippen LogP contribution in [0.15, 0.2) is 60.9 Å². The second-order valence-electron chi connectivity index (χ2n) is 6.74. The number of hydrogen-bond donors (Lipinski definition) is 2. The summed E-state index contributed by atoms with van der Waals surface area (Å²) in [5.41, 5.74) is 9.44. The highest BCUT2D eigenvalue weighted by Gasteiger charge is 2.09. The van der Waals surface area contributed by atoms with Gasteiger partial charge in [-0.15, -0.1) is 0 Å². The summed E-state index contributed by atoms with van der Waals surface area (Å²) in [5.74, 6) is -0.131. The number of aryl methyl sites for hydroxylation is 2. The summed E-state index contributed by atoms with van der Waals surface area (Å²) in [6.45, 7) is 11.1. The van der Waals surface area contributed by atoms with Gasteiger partial charge in [-0.25, -0.2) is 0 Å². The highest BCUT2D eigenvalue weighted by molar-refractivity contribution is 5.93. The number of nitrogens with one attached hydrogen (secondary N) is 1. The van der Waals surface area contributed by atoms with Crippen molar-refractivity contribution in [2.75, 3.05) is 0 Å². The first-order chi connectivity index (χ1) is 16.5. The number of benzene rings is 2. The zero-order valence-corrected chi connectivity index (χ0v) is 21.0. The predicted molar refractivity (Wildman–Crippen MR) is 140 cm³/mol. The van der Waals surface area contributed by atoms with Gasteiger partial charge in [-0.1, -0.05) is 88.2 Å². The molecular formula is C28H37N5O. The largest absolute Gasteiger partial charge is 0.360 e. The summed E-state index contributed by atoms with van der Waals surface area (Å²) < 4.78 is 1.76. The van der Waals surface area contributed by atoms with E-state index >= 15 is 0 Å². The lowest BCUT2D eigenvalue weighted by Crippen LogP contribution is -2.22. The first-order valence-corrected chi connectivity index (χ1v) is 11.5. The fourth-order valence-corrected chi connectivity index (χ4v) is 2.76. The Balaban J connectivity index is 0.00000141. The van der Waals surface area contributed by atoms with Crippen LogP contribution >= 0.6 is 0 Å². The molecule has 0 aliphatic rings. The Bertz CT molecular complexity index is 1020. The molecule has 180 valence electrons. The number of rotatable bonds is 7. The minimum absolute atomic E-state index is 0.131. The summed E-state index contributed by atoms with van der Waals surface area (Å²) >= 11 is 0. The maximum atomic E-state index is 12.3. The first-order valence-electron chi connectivity index (χ1n) is 11.5. The molecule has 2 aromatic carbocycles. The van der Waals surface area contributed by atoms with Gasteiger partial charge in [0, 0.05) is 19.2 Å². The van der Waals surface area contributed by atoms with Crippen LogP contribution in [0.25, 0.3) is 0 Å². The van der Waals surface area contributed by atoms with Crippen molar-refractivity contribution in [1.29, 1.82) is 5.26 Å². The molecule has 0 spiro atoms. The SMILES string of the molecule is C#CN.CC.CC.Cc1ccc(CNC(=O)c2cnn(Cc3ccc(CCC#N)cc3)c2)cc1. The molecule has 0 aliphatic heterocycles. The lowest BCUT2D eigenvalue weighted by atomic mass is 10.1. The molecule has 0 aliphatic carbocycles. The zero-order chi connectivity index (χ0) is 25.8. The highest BCUT2D eigenvalue weighted by Crippen LogP contribution is 2.09. The monoisotopic (exact) mass is 459 g/mol. The molecule has 6 nitrogen and oxygen atoms in total. The number of nitriles is 1. The van der Waals surface area contributed by atoms with E-state index in [9.17, 15) is 4.79 Å². The van der Waals surface area contributed by atoms with E-state index in [1.807, 2.05) is 83.1 Å². The van der Waals surface area contributed by atoms with Crippen LogP contribution < -0.4 is 11.1 Å². The minimum Gasteiger partial charge on any atom is -0.360 e. The average molecular weight is 460 g/mol. The molecule has 6 heteroatoms. The van der Waals surface area contributed by atoms with Crippen molar-refractivity contribution in [2.45, 2.75) is 60.5 Å². The molecule has 0 fully saturated rings. The van der Waals surface area contributed by atoms with Gasteiger partial charge in [0.25, 0.3) is 5.91 Å². The zero-order valence-electron chi connectivity index (χ0n) is 21.0. The maximum absolute atomic E-state index is 12.3. The number of carbonyl (C=O) groups is 1. The van der Waals surface area contributed by atoms with Crippen LogP contribution in [0.4, 0.5) is 0 Å². The molecule has 34 heavy (non-hydrogen) atoms. The number of nitrogens with two attached hydrogens (primary N) is 1. The number of carbonyl (C=O) groups excluding carboxylic acids is 1. The molecule has 1 aromatic heterocycles. The molecular weight excluding hydrogens is 422 g/mol. The second-order valence-corrected chi connectivity index (χ2v) is 6.74. The van der Waals surface area contributed by atoms with Crippen molar-refractivity contribution in [2.24, 2.45) is 5.73 Å². The molecule has 3 rings (SSSR count). The van der Waals surface area contributed by atoms with E-state index in [1.165, 1.54) is 5.56 Å². The lowest BCUT2D eigenvalue weighted by molar-refractivity contribution is 0.0951. The Morgan fingerprint density at radius 2 is 1.56 bits per heavy atom. The third kappa shape index (κ3) is 11.5.